The van der Waals surface area contributed by atoms with Gasteiger partial charge in [0.05, 0.1) is 5.41 Å². The monoisotopic (exact) mass is 192 g/mol. The predicted octanol–water partition coefficient (Wildman–Crippen LogP) is 0.747. The van der Waals surface area contributed by atoms with Gasteiger partial charge in [-0.25, -0.2) is 4.39 Å². The van der Waals surface area contributed by atoms with Gasteiger partial charge in [0.25, 0.3) is 0 Å². The van der Waals surface area contributed by atoms with Gasteiger partial charge >= 0.3 is 0 Å². The van der Waals surface area contributed by atoms with Gasteiger partial charge in [0.1, 0.15) is 5.82 Å². The molecule has 1 amide bonds. The highest BCUT2D eigenvalue weighted by atomic mass is 19.1. The zero-order valence-corrected chi connectivity index (χ0v) is 7.38. The van der Waals surface area contributed by atoms with Gasteiger partial charge in [0.15, 0.2) is 0 Å². The number of nitrogens with one attached hydrogen (secondary N) is 1. The number of carbonyl (C=O) groups excluding carboxylic acids is 1. The van der Waals surface area contributed by atoms with Crippen LogP contribution in [0.25, 0.3) is 0 Å². The van der Waals surface area contributed by atoms with E-state index in [0.717, 1.165) is 5.56 Å². The third-order valence-corrected chi connectivity index (χ3v) is 3.13. The normalized spacial score (nSPS) is 33.0. The van der Waals surface area contributed by atoms with Gasteiger partial charge in [-0.05, 0) is 24.1 Å². The first-order valence-electron chi connectivity index (χ1n) is 4.51. The van der Waals surface area contributed by atoms with Crippen LogP contribution in [0.15, 0.2) is 18.2 Å². The molecule has 1 heterocycles. The molecule has 1 aliphatic heterocycles. The fraction of sp³-hybridized carbons (Fsp3) is 0.300. The van der Waals surface area contributed by atoms with Crippen LogP contribution in [0.4, 0.5) is 10.1 Å². The summed E-state index contributed by atoms with van der Waals surface area (Å²) in [5.74, 6) is -0.430. The van der Waals surface area contributed by atoms with Crippen molar-refractivity contribution in [1.29, 1.82) is 0 Å². The Hall–Kier alpha value is -1.42. The molecule has 2 unspecified atom stereocenters. The van der Waals surface area contributed by atoms with Gasteiger partial charge in [-0.2, -0.15) is 0 Å². The van der Waals surface area contributed by atoms with E-state index in [2.05, 4.69) is 5.32 Å². The van der Waals surface area contributed by atoms with Crippen LogP contribution >= 0.6 is 0 Å². The minimum atomic E-state index is -0.553. The van der Waals surface area contributed by atoms with E-state index in [9.17, 15) is 9.18 Å². The summed E-state index contributed by atoms with van der Waals surface area (Å²) in [6.45, 7) is 0. The molecule has 72 valence electrons. The highest BCUT2D eigenvalue weighted by Gasteiger charge is 2.63. The zero-order valence-electron chi connectivity index (χ0n) is 7.38. The van der Waals surface area contributed by atoms with Gasteiger partial charge in [0, 0.05) is 11.7 Å². The maximum absolute atomic E-state index is 12.9. The summed E-state index contributed by atoms with van der Waals surface area (Å²) >= 11 is 0. The molecule has 1 aromatic rings. The molecule has 3 rings (SSSR count). The molecule has 4 heteroatoms. The van der Waals surface area contributed by atoms with E-state index in [1.807, 2.05) is 0 Å². The summed E-state index contributed by atoms with van der Waals surface area (Å²) in [5.41, 5.74) is 6.61. The molecule has 0 saturated heterocycles. The number of benzene rings is 1. The summed E-state index contributed by atoms with van der Waals surface area (Å²) in [6, 6.07) is 4.24. The Morgan fingerprint density at radius 2 is 2.29 bits per heavy atom. The van der Waals surface area contributed by atoms with Crippen LogP contribution in [-0.4, -0.2) is 11.9 Å². The van der Waals surface area contributed by atoms with E-state index in [0.29, 0.717) is 12.1 Å². The largest absolute Gasteiger partial charge is 0.326 e. The summed E-state index contributed by atoms with van der Waals surface area (Å²) in [4.78, 5) is 11.6. The molecule has 1 spiro atoms. The number of rotatable bonds is 0. The van der Waals surface area contributed by atoms with E-state index in [1.54, 1.807) is 6.07 Å². The Labute approximate surface area is 80.1 Å². The van der Waals surface area contributed by atoms with Crippen molar-refractivity contribution in [3.63, 3.8) is 0 Å². The van der Waals surface area contributed by atoms with Crippen molar-refractivity contribution in [2.24, 2.45) is 5.73 Å². The minimum absolute atomic E-state index is 0.0920. The van der Waals surface area contributed by atoms with Crippen LogP contribution in [0, 0.1) is 5.82 Å². The maximum Gasteiger partial charge on any atom is 0.236 e. The second-order valence-corrected chi connectivity index (χ2v) is 3.93. The fourth-order valence-corrected chi connectivity index (χ4v) is 2.22. The Bertz CT molecular complexity index is 446. The first-order valence-corrected chi connectivity index (χ1v) is 4.51. The number of halogens is 1. The quantitative estimate of drug-likeness (QED) is 0.637. The second-order valence-electron chi connectivity index (χ2n) is 3.93. The topological polar surface area (TPSA) is 55.1 Å². The molecular formula is C10H9FN2O. The molecule has 0 bridgehead atoms. The molecule has 3 nitrogen and oxygen atoms in total. The van der Waals surface area contributed by atoms with Crippen LogP contribution in [0.5, 0.6) is 0 Å². The van der Waals surface area contributed by atoms with E-state index in [4.69, 9.17) is 5.73 Å². The van der Waals surface area contributed by atoms with Crippen LogP contribution < -0.4 is 11.1 Å². The van der Waals surface area contributed by atoms with Crippen LogP contribution in [-0.2, 0) is 10.2 Å². The lowest BCUT2D eigenvalue weighted by atomic mass is 9.97. The third kappa shape index (κ3) is 0.726. The van der Waals surface area contributed by atoms with Gasteiger partial charge in [0.2, 0.25) is 5.91 Å². The molecular weight excluding hydrogens is 183 g/mol. The zero-order chi connectivity index (χ0) is 9.92. The van der Waals surface area contributed by atoms with Crippen molar-refractivity contribution in [3.05, 3.63) is 29.6 Å². The van der Waals surface area contributed by atoms with Gasteiger partial charge < -0.3 is 11.1 Å². The SMILES string of the molecule is NC1CC12C(=O)Nc1cc(F)ccc12. The molecule has 2 atom stereocenters. The van der Waals surface area contributed by atoms with Crippen molar-refractivity contribution in [2.75, 3.05) is 5.32 Å². The first-order chi connectivity index (χ1) is 6.64. The molecule has 1 fully saturated rings. The Kier molecular flexibility index (Phi) is 1.22. The summed E-state index contributed by atoms with van der Waals surface area (Å²) in [6.07, 6.45) is 0.664. The molecule has 2 aliphatic rings. The molecule has 3 N–H and O–H groups in total. The second kappa shape index (κ2) is 2.15. The van der Waals surface area contributed by atoms with Crippen LogP contribution in [0.2, 0.25) is 0 Å². The van der Waals surface area contributed by atoms with E-state index >= 15 is 0 Å². The van der Waals surface area contributed by atoms with Crippen molar-refractivity contribution >= 4 is 11.6 Å². The molecule has 1 aliphatic carbocycles. The lowest BCUT2D eigenvalue weighted by molar-refractivity contribution is -0.118. The van der Waals surface area contributed by atoms with Gasteiger partial charge in [-0.3, -0.25) is 4.79 Å². The van der Waals surface area contributed by atoms with E-state index < -0.39 is 5.41 Å². The standard InChI is InChI=1S/C10H9FN2O/c11-5-1-2-6-7(3-5)13-9(14)10(6)4-8(10)12/h1-3,8H,4,12H2,(H,13,14). The number of nitrogens with two attached hydrogens (primary N) is 1. The lowest BCUT2D eigenvalue weighted by Gasteiger charge is -2.04. The lowest BCUT2D eigenvalue weighted by Crippen LogP contribution is -2.26. The Morgan fingerprint density at radius 3 is 2.93 bits per heavy atom. The minimum Gasteiger partial charge on any atom is -0.326 e. The molecule has 0 aromatic heterocycles. The molecule has 1 aromatic carbocycles. The van der Waals surface area contributed by atoms with Gasteiger partial charge in [-0.1, -0.05) is 6.07 Å². The predicted molar refractivity (Wildman–Crippen MR) is 49.3 cm³/mol. The highest BCUT2D eigenvalue weighted by molar-refractivity contribution is 6.09. The Balaban J connectivity index is 2.20. The van der Waals surface area contributed by atoms with E-state index in [-0.39, 0.29) is 17.8 Å². The average molecular weight is 192 g/mol. The Morgan fingerprint density at radius 1 is 1.57 bits per heavy atom. The summed E-state index contributed by atoms with van der Waals surface area (Å²) < 4.78 is 12.9. The van der Waals surface area contributed by atoms with Crippen LogP contribution in [0.1, 0.15) is 12.0 Å². The van der Waals surface area contributed by atoms with Crippen molar-refractivity contribution in [1.82, 2.24) is 0 Å². The number of hydrogen-bond donors (Lipinski definition) is 2. The number of amides is 1. The number of hydrogen-bond acceptors (Lipinski definition) is 2. The van der Waals surface area contributed by atoms with Crippen molar-refractivity contribution in [2.45, 2.75) is 17.9 Å². The number of fused-ring (bicyclic) bond motifs is 2. The van der Waals surface area contributed by atoms with Crippen molar-refractivity contribution < 1.29 is 9.18 Å². The molecule has 1 saturated carbocycles. The number of anilines is 1. The van der Waals surface area contributed by atoms with E-state index in [1.165, 1.54) is 12.1 Å². The molecule has 0 radical (unpaired) electrons. The average Bonchev–Trinajstić information content (AvgIpc) is 2.70. The molecule has 14 heavy (non-hydrogen) atoms. The summed E-state index contributed by atoms with van der Waals surface area (Å²) in [7, 11) is 0. The van der Waals surface area contributed by atoms with Gasteiger partial charge in [-0.15, -0.1) is 0 Å². The number of carbonyl (C=O) groups is 1. The maximum atomic E-state index is 12.9. The third-order valence-electron chi connectivity index (χ3n) is 3.13. The van der Waals surface area contributed by atoms with Crippen LogP contribution in [0.3, 0.4) is 0 Å². The first kappa shape index (κ1) is 7.94. The van der Waals surface area contributed by atoms with Crippen molar-refractivity contribution in [3.8, 4) is 0 Å². The smallest absolute Gasteiger partial charge is 0.236 e. The summed E-state index contributed by atoms with van der Waals surface area (Å²) in [5, 5.41) is 2.66. The fourth-order valence-electron chi connectivity index (χ4n) is 2.22. The highest BCUT2D eigenvalue weighted by Crippen LogP contribution is 2.54.